The lowest BCUT2D eigenvalue weighted by molar-refractivity contribution is -0.119. The van der Waals surface area contributed by atoms with Gasteiger partial charge in [-0.2, -0.15) is 0 Å². The predicted molar refractivity (Wildman–Crippen MR) is 181 cm³/mol. The number of anilines is 1. The van der Waals surface area contributed by atoms with Gasteiger partial charge in [0.15, 0.2) is 12.1 Å². The number of rotatable bonds is 18. The molecule has 2 N–H and O–H groups in total. The molecule has 0 heterocycles. The molecule has 0 aromatic heterocycles. The van der Waals surface area contributed by atoms with Crippen molar-refractivity contribution in [2.45, 2.75) is 133 Å². The fraction of sp³-hybridized carbons (Fsp3) is 0.667. The lowest BCUT2D eigenvalue weighted by atomic mass is 9.95. The molecule has 0 fully saturated rings. The highest BCUT2D eigenvalue weighted by Crippen LogP contribution is 2.23. The highest BCUT2D eigenvalue weighted by molar-refractivity contribution is 6.08. The number of amides is 1. The van der Waals surface area contributed by atoms with Gasteiger partial charge in [0, 0.05) is 43.1 Å². The smallest absolute Gasteiger partial charge is 0.407 e. The van der Waals surface area contributed by atoms with Gasteiger partial charge in [-0.25, -0.2) is 4.79 Å². The Labute approximate surface area is 263 Å². The lowest BCUT2D eigenvalue weighted by Gasteiger charge is -2.19. The Morgan fingerprint density at radius 1 is 0.953 bits per heavy atom. The van der Waals surface area contributed by atoms with Crippen molar-refractivity contribution in [1.82, 2.24) is 5.32 Å². The van der Waals surface area contributed by atoms with Crippen LogP contribution < -0.4 is 10.6 Å². The fourth-order valence-corrected chi connectivity index (χ4v) is 3.86. The molecule has 0 aliphatic rings. The van der Waals surface area contributed by atoms with Crippen LogP contribution in [-0.2, 0) is 9.53 Å². The van der Waals surface area contributed by atoms with Gasteiger partial charge in [0.05, 0.1) is 5.56 Å². The third-order valence-electron chi connectivity index (χ3n) is 6.67. The molecule has 0 saturated carbocycles. The van der Waals surface area contributed by atoms with Crippen LogP contribution >= 0.6 is 0 Å². The van der Waals surface area contributed by atoms with Crippen LogP contribution in [0.2, 0.25) is 0 Å². The zero-order valence-electron chi connectivity index (χ0n) is 29.0. The molecule has 1 aromatic carbocycles. The van der Waals surface area contributed by atoms with Gasteiger partial charge in [-0.3, -0.25) is 14.4 Å². The van der Waals surface area contributed by atoms with Crippen LogP contribution in [0.4, 0.5) is 10.5 Å². The Morgan fingerprint density at radius 3 is 2.00 bits per heavy atom. The number of hydrogen-bond acceptors (Lipinski definition) is 6. The first-order valence-electron chi connectivity index (χ1n) is 16.2. The minimum Gasteiger partial charge on any atom is -0.444 e. The maximum atomic E-state index is 12.5. The molecule has 0 aliphatic carbocycles. The quantitative estimate of drug-likeness (QED) is 0.0751. The van der Waals surface area contributed by atoms with Gasteiger partial charge in [0.25, 0.3) is 0 Å². The van der Waals surface area contributed by atoms with Gasteiger partial charge in [-0.05, 0) is 58.9 Å². The number of Topliss-reactive ketones (excluding diaryl/α,β-unsaturated/α-hetero) is 2. The standard InChI is InChI=1S/C24H38N2O4.C10H18O.C2H6/c1-18(2)22(28)21-19(17-27)13-12-14-20(21)25-15-10-8-6-7-9-11-16-26-23(29)30-24(3,4)5;1-5-10(11)7-6-9(4)8(2)3;1-2/h12-14,17-18,25H,6-11,15-16H2,1-5H3,(H,26,29);9H,2,5-7H2,1,3-4H3;1-2H3. The van der Waals surface area contributed by atoms with Crippen molar-refractivity contribution in [3.63, 3.8) is 0 Å². The molecular formula is C36H62N2O5. The first-order chi connectivity index (χ1) is 20.2. The Hall–Kier alpha value is -2.96. The highest BCUT2D eigenvalue weighted by atomic mass is 16.6. The van der Waals surface area contributed by atoms with E-state index in [-0.39, 0.29) is 17.8 Å². The van der Waals surface area contributed by atoms with E-state index in [9.17, 15) is 19.2 Å². The van der Waals surface area contributed by atoms with Crippen molar-refractivity contribution >= 4 is 29.6 Å². The van der Waals surface area contributed by atoms with Gasteiger partial charge in [-0.1, -0.05) is 91.5 Å². The summed E-state index contributed by atoms with van der Waals surface area (Å²) >= 11 is 0. The summed E-state index contributed by atoms with van der Waals surface area (Å²) in [6, 6.07) is 5.35. The van der Waals surface area contributed by atoms with Gasteiger partial charge in [-0.15, -0.1) is 0 Å². The number of aldehydes is 1. The number of alkyl carbamates (subject to hydrolysis) is 1. The molecule has 7 heteroatoms. The van der Waals surface area contributed by atoms with E-state index < -0.39 is 5.60 Å². The number of unbranched alkanes of at least 4 members (excludes halogenated alkanes) is 5. The number of ether oxygens (including phenoxy) is 1. The molecule has 1 aromatic rings. The number of carbonyl (C=O) groups is 4. The van der Waals surface area contributed by atoms with Crippen LogP contribution in [0, 0.1) is 11.8 Å². The molecule has 0 bridgehead atoms. The van der Waals surface area contributed by atoms with Crippen molar-refractivity contribution in [1.29, 1.82) is 0 Å². The van der Waals surface area contributed by atoms with E-state index in [1.807, 2.05) is 68.4 Å². The number of ketones is 2. The second-order valence-corrected chi connectivity index (χ2v) is 12.1. The fourth-order valence-electron chi connectivity index (χ4n) is 3.86. The van der Waals surface area contributed by atoms with E-state index in [2.05, 4.69) is 24.1 Å². The van der Waals surface area contributed by atoms with Gasteiger partial charge < -0.3 is 15.4 Å². The molecule has 0 radical (unpaired) electrons. The largest absolute Gasteiger partial charge is 0.444 e. The third-order valence-corrected chi connectivity index (χ3v) is 6.67. The summed E-state index contributed by atoms with van der Waals surface area (Å²) in [5, 5.41) is 6.10. The molecule has 0 aliphatic heterocycles. The van der Waals surface area contributed by atoms with Crippen molar-refractivity contribution < 1.29 is 23.9 Å². The van der Waals surface area contributed by atoms with E-state index in [0.29, 0.717) is 42.2 Å². The van der Waals surface area contributed by atoms with Crippen molar-refractivity contribution in [3.8, 4) is 0 Å². The zero-order chi connectivity index (χ0) is 33.4. The van der Waals surface area contributed by atoms with Crippen molar-refractivity contribution in [2.24, 2.45) is 11.8 Å². The Bertz CT molecular complexity index is 963. The summed E-state index contributed by atoms with van der Waals surface area (Å²) in [5.41, 5.74) is 2.40. The molecule has 43 heavy (non-hydrogen) atoms. The zero-order valence-corrected chi connectivity index (χ0v) is 29.0. The van der Waals surface area contributed by atoms with Crippen molar-refractivity contribution in [3.05, 3.63) is 41.5 Å². The Kier molecular flexibility index (Phi) is 24.0. The second kappa shape index (κ2) is 24.5. The van der Waals surface area contributed by atoms with Crippen LogP contribution in [0.5, 0.6) is 0 Å². The minimum atomic E-state index is -0.463. The molecule has 1 unspecified atom stereocenters. The van der Waals surface area contributed by atoms with E-state index in [1.54, 1.807) is 12.1 Å². The Balaban J connectivity index is 0. The van der Waals surface area contributed by atoms with Gasteiger partial charge in [0.2, 0.25) is 0 Å². The minimum absolute atomic E-state index is 0.0137. The van der Waals surface area contributed by atoms with Crippen LogP contribution in [0.15, 0.2) is 30.4 Å². The highest BCUT2D eigenvalue weighted by Gasteiger charge is 2.19. The Morgan fingerprint density at radius 2 is 1.51 bits per heavy atom. The van der Waals surface area contributed by atoms with Crippen LogP contribution in [0.1, 0.15) is 148 Å². The maximum Gasteiger partial charge on any atom is 0.407 e. The van der Waals surface area contributed by atoms with Crippen LogP contribution in [0.25, 0.3) is 0 Å². The number of nitrogens with one attached hydrogen (secondary N) is 2. The SMILES string of the molecule is C=C(C)C(C)CCC(=O)CC.CC.CC(C)C(=O)c1c(C=O)cccc1NCCCCCCCCNC(=O)OC(C)(C)C. The average Bonchev–Trinajstić information content (AvgIpc) is 2.96. The average molecular weight is 603 g/mol. The summed E-state index contributed by atoms with van der Waals surface area (Å²) in [4.78, 5) is 46.3. The lowest BCUT2D eigenvalue weighted by Crippen LogP contribution is -2.32. The number of hydrogen-bond donors (Lipinski definition) is 2. The summed E-state index contributed by atoms with van der Waals surface area (Å²) < 4.78 is 5.20. The van der Waals surface area contributed by atoms with E-state index in [1.165, 1.54) is 5.57 Å². The molecular weight excluding hydrogens is 540 g/mol. The third kappa shape index (κ3) is 21.4. The summed E-state index contributed by atoms with van der Waals surface area (Å²) in [7, 11) is 0. The summed E-state index contributed by atoms with van der Waals surface area (Å²) in [5.74, 6) is 0.681. The first-order valence-corrected chi connectivity index (χ1v) is 16.2. The molecule has 1 rings (SSSR count). The van der Waals surface area contributed by atoms with Crippen LogP contribution in [0.3, 0.4) is 0 Å². The van der Waals surface area contributed by atoms with Gasteiger partial charge in [0.1, 0.15) is 11.4 Å². The molecule has 246 valence electrons. The number of benzene rings is 1. The topological polar surface area (TPSA) is 102 Å². The second-order valence-electron chi connectivity index (χ2n) is 12.1. The first kappa shape index (κ1) is 42.2. The number of carbonyl (C=O) groups excluding carboxylic acids is 4. The summed E-state index contributed by atoms with van der Waals surface area (Å²) in [6.45, 7) is 24.5. The normalized spacial score (nSPS) is 11.2. The van der Waals surface area contributed by atoms with Crippen molar-refractivity contribution in [2.75, 3.05) is 18.4 Å². The predicted octanol–water partition coefficient (Wildman–Crippen LogP) is 9.60. The molecule has 0 saturated heterocycles. The molecule has 1 atom stereocenters. The van der Waals surface area contributed by atoms with Crippen LogP contribution in [-0.4, -0.2) is 42.6 Å². The molecule has 7 nitrogen and oxygen atoms in total. The maximum absolute atomic E-state index is 12.5. The molecule has 1 amide bonds. The monoisotopic (exact) mass is 602 g/mol. The van der Waals surface area contributed by atoms with E-state index in [4.69, 9.17) is 4.74 Å². The van der Waals surface area contributed by atoms with E-state index in [0.717, 1.165) is 63.5 Å². The summed E-state index contributed by atoms with van der Waals surface area (Å²) in [6.07, 6.45) is 9.07. The number of allylic oxidation sites excluding steroid dienone is 1. The van der Waals surface area contributed by atoms with Gasteiger partial charge >= 0.3 is 6.09 Å². The molecule has 0 spiro atoms. The van der Waals surface area contributed by atoms with E-state index >= 15 is 0 Å².